The van der Waals surface area contributed by atoms with Crippen LogP contribution in [0.25, 0.3) is 105 Å². The van der Waals surface area contributed by atoms with Crippen molar-refractivity contribution in [2.45, 2.75) is 43.3 Å². The van der Waals surface area contributed by atoms with Crippen molar-refractivity contribution < 1.29 is 40.2 Å². The summed E-state index contributed by atoms with van der Waals surface area (Å²) >= 11 is 17.0. The zero-order valence-electron chi connectivity index (χ0n) is 57.0. The molecule has 0 atom stereocenters. The lowest BCUT2D eigenvalue weighted by molar-refractivity contribution is -0.119. The number of carbonyl (C=O) groups is 1. The topological polar surface area (TPSA) is 368 Å². The van der Waals surface area contributed by atoms with E-state index in [1.165, 1.54) is 38.1 Å². The third-order valence-electron chi connectivity index (χ3n) is 15.9. The Morgan fingerprint density at radius 1 is 0.449 bits per heavy atom. The molecule has 15 rings (SSSR count). The lowest BCUT2D eigenvalue weighted by atomic mass is 9.95. The standard InChI is InChI=1S/C17H15N3O3.C16H12BrN3O.C16H19ClN4OS.C16H12ClN3O.C14H11N3O2/c1-23-15-8-6-11(10-14(15)22)7-9-16-18-17(20-19-16)12-4-2-3-5-13(12)21;17-12-8-5-11(6-9-12)7-10-15-18-16(20-19-15)13-3-1-2-4-14(13)21;17-13-9-5-4-8-12(13)15-19-16(21-20-15)23-10-14(22)18-11-6-2-1-3-7-11;17-13-7-3-1-5-11(13)9-10-15-18-16(20-19-15)12-6-2-4-8-14(12)21;18-11-7-3-1-5-9(11)13-15-14(17-16-13)10-6-2-4-8-12(10)19/h2-10,21-22H,1H3,(H,18,19,20);1-10,21H,(H,18,19,20);4-5,8-9,11H,1-3,6-7,10H2,(H,18,22)(H,19,20,21);1-10,21H,(H,18,19,20);1-8,18-19H,(H,15,16,17)/b9-7+;10-7+;;10-9+;. The number of hydrogen-bond acceptors (Lipinski definition) is 19. The number of benzene rings is 9. The van der Waals surface area contributed by atoms with Gasteiger partial charge in [-0.25, -0.2) is 24.9 Å². The summed E-state index contributed by atoms with van der Waals surface area (Å²) in [5.41, 5.74) is 6.44. The smallest absolute Gasteiger partial charge is 0.230 e. The van der Waals surface area contributed by atoms with Crippen LogP contribution >= 0.6 is 50.9 Å². The first-order valence-corrected chi connectivity index (χ1v) is 35.8. The highest BCUT2D eigenvalue weighted by atomic mass is 79.9. The zero-order valence-corrected chi connectivity index (χ0v) is 60.9. The summed E-state index contributed by atoms with van der Waals surface area (Å²) in [5, 5.41) is 98.2. The van der Waals surface area contributed by atoms with E-state index in [1.54, 1.807) is 140 Å². The Balaban J connectivity index is 0.000000133. The number of para-hydroxylation sites is 5. The molecule has 0 aliphatic heterocycles. The number of rotatable bonds is 17. The van der Waals surface area contributed by atoms with Crippen LogP contribution in [0.4, 0.5) is 0 Å². The Morgan fingerprint density at radius 2 is 0.860 bits per heavy atom. The van der Waals surface area contributed by atoms with Crippen LogP contribution in [0, 0.1) is 0 Å². The van der Waals surface area contributed by atoms with Gasteiger partial charge in [-0.3, -0.25) is 30.3 Å². The van der Waals surface area contributed by atoms with Crippen LogP contribution in [0.1, 0.15) is 66.3 Å². The van der Waals surface area contributed by atoms with E-state index in [0.717, 1.165) is 39.6 Å². The van der Waals surface area contributed by atoms with E-state index in [0.29, 0.717) is 113 Å². The third kappa shape index (κ3) is 21.5. The highest BCUT2D eigenvalue weighted by Gasteiger charge is 2.19. The minimum Gasteiger partial charge on any atom is -0.507 e. The molecule has 24 nitrogen and oxygen atoms in total. The maximum atomic E-state index is 12.0. The van der Waals surface area contributed by atoms with E-state index in [2.05, 4.69) is 97.2 Å². The van der Waals surface area contributed by atoms with Gasteiger partial charge in [0.25, 0.3) is 0 Å². The van der Waals surface area contributed by atoms with Gasteiger partial charge in [-0.2, -0.15) is 20.4 Å². The number of amides is 1. The second kappa shape index (κ2) is 37.7. The SMILES string of the molecule is COc1ccc(/C=C/c2nc(-c3ccccc3O)n[nH]2)cc1O.O=C(CSc1n[nH]c(-c2ccccc2Cl)n1)NC1CCCCC1.Oc1ccccc1-c1n[nH]c(-c2ccccc2O)n1.Oc1ccccc1-c1n[nH]c(/C=C/c2ccc(Br)cc2)n1.Oc1ccccc1-c1n[nH]c(/C=C/c2ccccc2Cl)n1. The molecule has 0 saturated heterocycles. The van der Waals surface area contributed by atoms with Gasteiger partial charge in [0.2, 0.25) is 11.1 Å². The predicted octanol–water partition coefficient (Wildman–Crippen LogP) is 17.4. The van der Waals surface area contributed by atoms with Gasteiger partial charge in [0.15, 0.2) is 46.4 Å². The number of nitrogens with one attached hydrogen (secondary N) is 6. The van der Waals surface area contributed by atoms with Crippen molar-refractivity contribution in [1.29, 1.82) is 0 Å². The first-order valence-electron chi connectivity index (χ1n) is 33.2. The molecule has 1 amide bonds. The van der Waals surface area contributed by atoms with E-state index in [4.69, 9.17) is 27.9 Å². The van der Waals surface area contributed by atoms with Crippen LogP contribution < -0.4 is 10.1 Å². The normalized spacial score (nSPS) is 11.9. The number of H-pyrrole nitrogens is 5. The Hall–Kier alpha value is -12.6. The van der Waals surface area contributed by atoms with Gasteiger partial charge in [0.1, 0.15) is 46.2 Å². The molecule has 12 N–H and O–H groups in total. The molecular weight excluding hydrogens is 1480 g/mol. The zero-order chi connectivity index (χ0) is 74.9. The fourth-order valence-corrected chi connectivity index (χ4v) is 11.8. The molecule has 107 heavy (non-hydrogen) atoms. The fourth-order valence-electron chi connectivity index (χ4n) is 10.5. The van der Waals surface area contributed by atoms with Crippen molar-refractivity contribution in [3.05, 3.63) is 261 Å². The molecule has 0 spiro atoms. The Morgan fingerprint density at radius 3 is 1.35 bits per heavy atom. The Labute approximate surface area is 636 Å². The van der Waals surface area contributed by atoms with Gasteiger partial charge in [0.05, 0.1) is 45.7 Å². The first-order chi connectivity index (χ1) is 52.1. The van der Waals surface area contributed by atoms with Gasteiger partial charge in [0, 0.05) is 21.1 Å². The number of carbonyl (C=O) groups excluding carboxylic acids is 1. The van der Waals surface area contributed by atoms with Gasteiger partial charge >= 0.3 is 0 Å². The van der Waals surface area contributed by atoms with Gasteiger partial charge in [-0.15, -0.1) is 5.10 Å². The van der Waals surface area contributed by atoms with Crippen LogP contribution in [-0.2, 0) is 4.79 Å². The summed E-state index contributed by atoms with van der Waals surface area (Å²) in [6.07, 6.45) is 16.8. The van der Waals surface area contributed by atoms with Crippen molar-refractivity contribution in [2.24, 2.45) is 0 Å². The molecule has 0 radical (unpaired) electrons. The number of methoxy groups -OCH3 is 1. The van der Waals surface area contributed by atoms with E-state index in [1.807, 2.05) is 109 Å². The minimum absolute atomic E-state index is 0.0472. The number of halogens is 3. The van der Waals surface area contributed by atoms with Gasteiger partial charge in [-0.05, 0) is 157 Å². The molecule has 14 aromatic rings. The number of hydrogen-bond donors (Lipinski definition) is 12. The van der Waals surface area contributed by atoms with E-state index >= 15 is 0 Å². The highest BCUT2D eigenvalue weighted by Crippen LogP contribution is 2.34. The highest BCUT2D eigenvalue weighted by molar-refractivity contribution is 9.10. The number of phenolic OH excluding ortho intramolecular Hbond substituents is 6. The molecule has 9 aromatic carbocycles. The molecule has 540 valence electrons. The van der Waals surface area contributed by atoms with Gasteiger partial charge < -0.3 is 40.7 Å². The van der Waals surface area contributed by atoms with Crippen molar-refractivity contribution in [3.8, 4) is 109 Å². The monoisotopic (exact) mass is 1550 g/mol. The molecule has 28 heteroatoms. The maximum Gasteiger partial charge on any atom is 0.230 e. The first kappa shape index (κ1) is 75.5. The number of nitrogens with zero attached hydrogens (tertiary/aromatic N) is 10. The molecule has 1 aliphatic carbocycles. The summed E-state index contributed by atoms with van der Waals surface area (Å²) in [4.78, 5) is 33.7. The quantitative estimate of drug-likeness (QED) is 0.0377. The summed E-state index contributed by atoms with van der Waals surface area (Å²) < 4.78 is 6.04. The van der Waals surface area contributed by atoms with Crippen molar-refractivity contribution >= 4 is 93.3 Å². The number of thioether (sulfide) groups is 1. The Bertz CT molecular complexity index is 5290. The van der Waals surface area contributed by atoms with Crippen molar-refractivity contribution in [1.82, 2.24) is 81.2 Å². The van der Waals surface area contributed by atoms with E-state index in [-0.39, 0.29) is 40.4 Å². The molecule has 5 heterocycles. The molecule has 1 saturated carbocycles. The molecule has 5 aromatic heterocycles. The van der Waals surface area contributed by atoms with E-state index < -0.39 is 0 Å². The van der Waals surface area contributed by atoms with Crippen LogP contribution in [0.5, 0.6) is 40.2 Å². The lowest BCUT2D eigenvalue weighted by Crippen LogP contribution is -2.37. The van der Waals surface area contributed by atoms with Crippen LogP contribution in [0.2, 0.25) is 10.0 Å². The largest absolute Gasteiger partial charge is 0.507 e. The van der Waals surface area contributed by atoms with Crippen LogP contribution in [0.15, 0.2) is 222 Å². The number of ether oxygens (including phenoxy) is 1. The predicted molar refractivity (Wildman–Crippen MR) is 421 cm³/mol. The number of aromatic nitrogens is 15. The second-order valence-electron chi connectivity index (χ2n) is 23.4. The fraction of sp³-hybridized carbons (Fsp3) is 0.101. The summed E-state index contributed by atoms with van der Waals surface area (Å²) in [5.74, 6) is 6.12. The molecule has 0 bridgehead atoms. The molecule has 1 fully saturated rings. The van der Waals surface area contributed by atoms with Crippen molar-refractivity contribution in [2.75, 3.05) is 12.9 Å². The average molecular weight is 1550 g/mol. The second-order valence-corrected chi connectivity index (χ2v) is 26.0. The van der Waals surface area contributed by atoms with E-state index in [9.17, 15) is 35.4 Å². The van der Waals surface area contributed by atoms with Crippen LogP contribution in [0.3, 0.4) is 0 Å². The number of aromatic amines is 5. The average Bonchev–Trinajstić information content (AvgIpc) is 1.78. The molecule has 0 unspecified atom stereocenters. The number of aromatic hydroxyl groups is 6. The van der Waals surface area contributed by atoms with Gasteiger partial charge in [-0.1, -0.05) is 192 Å². The van der Waals surface area contributed by atoms with Crippen LogP contribution in [-0.4, -0.2) is 131 Å². The summed E-state index contributed by atoms with van der Waals surface area (Å²) in [7, 11) is 1.50. The maximum absolute atomic E-state index is 12.0. The molecule has 1 aliphatic rings. The minimum atomic E-state index is 0.0472. The van der Waals surface area contributed by atoms with Crippen molar-refractivity contribution in [3.63, 3.8) is 0 Å². The summed E-state index contributed by atoms with van der Waals surface area (Å²) in [6.45, 7) is 0. The Kier molecular flexibility index (Phi) is 26.6. The molecular formula is C79H69BrCl2N16O8S. The lowest BCUT2D eigenvalue weighted by Gasteiger charge is -2.22. The summed E-state index contributed by atoms with van der Waals surface area (Å²) in [6, 6.07) is 62.9. The number of phenols is 6. The third-order valence-corrected chi connectivity index (χ3v) is 17.9.